The lowest BCUT2D eigenvalue weighted by Crippen LogP contribution is -2.45. The number of carbonyl (C=O) groups excluding carboxylic acids is 2. The first-order valence-corrected chi connectivity index (χ1v) is 8.60. The van der Waals surface area contributed by atoms with E-state index >= 15 is 0 Å². The summed E-state index contributed by atoms with van der Waals surface area (Å²) in [6, 6.07) is 6.99. The predicted molar refractivity (Wildman–Crippen MR) is 89.6 cm³/mol. The first-order valence-electron chi connectivity index (χ1n) is 8.22. The average Bonchev–Trinajstić information content (AvgIpc) is 2.98. The molecule has 124 valence electrons. The maximum atomic E-state index is 12.6. The highest BCUT2D eigenvalue weighted by molar-refractivity contribution is 6.30. The van der Waals surface area contributed by atoms with Gasteiger partial charge in [-0.2, -0.15) is 0 Å². The van der Waals surface area contributed by atoms with Gasteiger partial charge in [0.25, 0.3) is 5.91 Å². The SMILES string of the molecule is O=C(c1cccc(Cl)c1)N1CCCN(C(=O)C2CCCN2)CC1. The summed E-state index contributed by atoms with van der Waals surface area (Å²) in [6.07, 6.45) is 2.79. The molecular weight excluding hydrogens is 314 g/mol. The fourth-order valence-electron chi connectivity index (χ4n) is 3.26. The van der Waals surface area contributed by atoms with Crippen molar-refractivity contribution in [3.63, 3.8) is 0 Å². The van der Waals surface area contributed by atoms with Crippen LogP contribution in [0.2, 0.25) is 5.02 Å². The molecule has 5 nitrogen and oxygen atoms in total. The van der Waals surface area contributed by atoms with Crippen molar-refractivity contribution < 1.29 is 9.59 Å². The van der Waals surface area contributed by atoms with Crippen molar-refractivity contribution in [2.75, 3.05) is 32.7 Å². The molecule has 0 spiro atoms. The van der Waals surface area contributed by atoms with E-state index in [-0.39, 0.29) is 17.9 Å². The summed E-state index contributed by atoms with van der Waals surface area (Å²) in [6.45, 7) is 3.49. The molecule has 1 aromatic carbocycles. The van der Waals surface area contributed by atoms with Gasteiger partial charge in [-0.1, -0.05) is 17.7 Å². The number of nitrogens with zero attached hydrogens (tertiary/aromatic N) is 2. The van der Waals surface area contributed by atoms with Crippen molar-refractivity contribution in [3.05, 3.63) is 34.9 Å². The van der Waals surface area contributed by atoms with Crippen LogP contribution in [0.4, 0.5) is 0 Å². The maximum absolute atomic E-state index is 12.6. The number of benzene rings is 1. The Labute approximate surface area is 141 Å². The van der Waals surface area contributed by atoms with Crippen molar-refractivity contribution in [2.24, 2.45) is 0 Å². The van der Waals surface area contributed by atoms with Gasteiger partial charge >= 0.3 is 0 Å². The van der Waals surface area contributed by atoms with E-state index in [4.69, 9.17) is 11.6 Å². The summed E-state index contributed by atoms with van der Waals surface area (Å²) in [5.74, 6) is 0.167. The monoisotopic (exact) mass is 335 g/mol. The van der Waals surface area contributed by atoms with Gasteiger partial charge in [0.2, 0.25) is 5.91 Å². The van der Waals surface area contributed by atoms with E-state index in [1.807, 2.05) is 9.80 Å². The second-order valence-corrected chi connectivity index (χ2v) is 6.57. The molecule has 0 aromatic heterocycles. The summed E-state index contributed by atoms with van der Waals surface area (Å²) in [7, 11) is 0. The number of carbonyl (C=O) groups is 2. The summed E-state index contributed by atoms with van der Waals surface area (Å²) >= 11 is 5.97. The predicted octanol–water partition coefficient (Wildman–Crippen LogP) is 1.77. The summed E-state index contributed by atoms with van der Waals surface area (Å²) in [4.78, 5) is 28.8. The minimum absolute atomic E-state index is 0.0132. The van der Waals surface area contributed by atoms with Crippen LogP contribution in [-0.4, -0.2) is 60.4 Å². The molecule has 3 rings (SSSR count). The van der Waals surface area contributed by atoms with Crippen LogP contribution in [0.1, 0.15) is 29.6 Å². The molecule has 1 unspecified atom stereocenters. The van der Waals surface area contributed by atoms with Gasteiger partial charge in [0.1, 0.15) is 0 Å². The Bertz CT molecular complexity index is 587. The maximum Gasteiger partial charge on any atom is 0.253 e. The normalized spacial score (nSPS) is 22.0. The number of hydrogen-bond donors (Lipinski definition) is 1. The highest BCUT2D eigenvalue weighted by Crippen LogP contribution is 2.15. The smallest absolute Gasteiger partial charge is 0.253 e. The van der Waals surface area contributed by atoms with Gasteiger partial charge in [-0.05, 0) is 44.0 Å². The van der Waals surface area contributed by atoms with Crippen molar-refractivity contribution in [1.29, 1.82) is 0 Å². The molecule has 6 heteroatoms. The van der Waals surface area contributed by atoms with Gasteiger partial charge in [-0.15, -0.1) is 0 Å². The third kappa shape index (κ3) is 3.85. The molecule has 2 amide bonds. The quantitative estimate of drug-likeness (QED) is 0.896. The largest absolute Gasteiger partial charge is 0.340 e. The number of halogens is 1. The molecule has 2 fully saturated rings. The first kappa shape index (κ1) is 16.3. The van der Waals surface area contributed by atoms with Gasteiger partial charge in [0.15, 0.2) is 0 Å². The molecule has 0 radical (unpaired) electrons. The summed E-state index contributed by atoms with van der Waals surface area (Å²) in [5.41, 5.74) is 0.606. The zero-order valence-electron chi connectivity index (χ0n) is 13.1. The molecule has 0 bridgehead atoms. The Morgan fingerprint density at radius 3 is 2.61 bits per heavy atom. The fraction of sp³-hybridized carbons (Fsp3) is 0.529. The minimum Gasteiger partial charge on any atom is -0.340 e. The number of hydrogen-bond acceptors (Lipinski definition) is 3. The van der Waals surface area contributed by atoms with E-state index < -0.39 is 0 Å². The third-order valence-electron chi connectivity index (χ3n) is 4.52. The molecule has 23 heavy (non-hydrogen) atoms. The number of rotatable bonds is 2. The van der Waals surface area contributed by atoms with Crippen LogP contribution < -0.4 is 5.32 Å². The van der Waals surface area contributed by atoms with E-state index in [0.29, 0.717) is 30.2 Å². The van der Waals surface area contributed by atoms with Crippen LogP contribution in [0.3, 0.4) is 0 Å². The molecule has 1 atom stereocenters. The van der Waals surface area contributed by atoms with E-state index in [1.54, 1.807) is 24.3 Å². The van der Waals surface area contributed by atoms with Crippen molar-refractivity contribution >= 4 is 23.4 Å². The molecule has 2 saturated heterocycles. The van der Waals surface area contributed by atoms with E-state index in [2.05, 4.69) is 5.32 Å². The number of nitrogens with one attached hydrogen (secondary N) is 1. The van der Waals surface area contributed by atoms with Crippen molar-refractivity contribution in [3.8, 4) is 0 Å². The van der Waals surface area contributed by atoms with Crippen molar-refractivity contribution in [1.82, 2.24) is 15.1 Å². The first-order chi connectivity index (χ1) is 11.1. The Morgan fingerprint density at radius 2 is 1.87 bits per heavy atom. The van der Waals surface area contributed by atoms with Crippen molar-refractivity contribution in [2.45, 2.75) is 25.3 Å². The van der Waals surface area contributed by atoms with Gasteiger partial charge in [-0.25, -0.2) is 0 Å². The van der Waals surface area contributed by atoms with Gasteiger partial charge in [-0.3, -0.25) is 9.59 Å². The Balaban J connectivity index is 1.61. The van der Waals surface area contributed by atoms with Crippen LogP contribution in [-0.2, 0) is 4.79 Å². The topological polar surface area (TPSA) is 52.7 Å². The Hall–Kier alpha value is -1.59. The van der Waals surface area contributed by atoms with Crippen LogP contribution in [0.5, 0.6) is 0 Å². The molecule has 2 aliphatic rings. The second kappa shape index (κ2) is 7.32. The molecule has 2 aliphatic heterocycles. The standard InChI is InChI=1S/C17H22ClN3O2/c18-14-5-1-4-13(12-14)16(22)20-8-3-9-21(11-10-20)17(23)15-6-2-7-19-15/h1,4-5,12,15,19H,2-3,6-11H2. The minimum atomic E-state index is -0.0369. The zero-order valence-corrected chi connectivity index (χ0v) is 13.9. The molecule has 1 N–H and O–H groups in total. The molecule has 0 aliphatic carbocycles. The second-order valence-electron chi connectivity index (χ2n) is 6.13. The third-order valence-corrected chi connectivity index (χ3v) is 4.76. The Kier molecular flexibility index (Phi) is 5.18. The van der Waals surface area contributed by atoms with E-state index in [1.165, 1.54) is 0 Å². The molecule has 2 heterocycles. The summed E-state index contributed by atoms with van der Waals surface area (Å²) < 4.78 is 0. The fourth-order valence-corrected chi connectivity index (χ4v) is 3.45. The number of amides is 2. The van der Waals surface area contributed by atoms with Gasteiger partial charge in [0.05, 0.1) is 6.04 Å². The van der Waals surface area contributed by atoms with Crippen LogP contribution in [0.25, 0.3) is 0 Å². The highest BCUT2D eigenvalue weighted by atomic mass is 35.5. The zero-order chi connectivity index (χ0) is 16.2. The molecule has 0 saturated carbocycles. The molecule has 1 aromatic rings. The van der Waals surface area contributed by atoms with Crippen LogP contribution >= 0.6 is 11.6 Å². The lowest BCUT2D eigenvalue weighted by atomic mass is 10.2. The molecular formula is C17H22ClN3O2. The van der Waals surface area contributed by atoms with Crippen LogP contribution in [0.15, 0.2) is 24.3 Å². The lowest BCUT2D eigenvalue weighted by Gasteiger charge is -2.24. The van der Waals surface area contributed by atoms with Gasteiger partial charge in [0, 0.05) is 36.8 Å². The summed E-state index contributed by atoms with van der Waals surface area (Å²) in [5, 5.41) is 3.82. The van der Waals surface area contributed by atoms with Gasteiger partial charge < -0.3 is 15.1 Å². The van der Waals surface area contributed by atoms with E-state index in [0.717, 1.165) is 32.4 Å². The lowest BCUT2D eigenvalue weighted by molar-refractivity contribution is -0.132. The van der Waals surface area contributed by atoms with Crippen LogP contribution in [0, 0.1) is 0 Å². The average molecular weight is 336 g/mol. The Morgan fingerprint density at radius 1 is 1.09 bits per heavy atom. The van der Waals surface area contributed by atoms with E-state index in [9.17, 15) is 9.59 Å². The highest BCUT2D eigenvalue weighted by Gasteiger charge is 2.29.